The molecule has 6 heteroatoms. The summed E-state index contributed by atoms with van der Waals surface area (Å²) in [5.74, 6) is 0. The summed E-state index contributed by atoms with van der Waals surface area (Å²) in [7, 11) is 0. The van der Waals surface area contributed by atoms with E-state index in [1.54, 1.807) is 40.9 Å². The van der Waals surface area contributed by atoms with Crippen LogP contribution in [0, 0.1) is 22.7 Å². The summed E-state index contributed by atoms with van der Waals surface area (Å²) in [5.41, 5.74) is 1.12. The minimum absolute atomic E-state index is 0.183. The highest BCUT2D eigenvalue weighted by atomic mass is 32.2. The lowest BCUT2D eigenvalue weighted by atomic mass is 9.97. The largest absolute Gasteiger partial charge is 0.324 e. The molecular weight excluding hydrogens is 284 g/mol. The molecule has 21 heavy (non-hydrogen) atoms. The van der Waals surface area contributed by atoms with Gasteiger partial charge in [-0.2, -0.15) is 10.5 Å². The van der Waals surface area contributed by atoms with Gasteiger partial charge in [0.25, 0.3) is 0 Å². The van der Waals surface area contributed by atoms with Crippen LogP contribution in [0.3, 0.4) is 0 Å². The van der Waals surface area contributed by atoms with Gasteiger partial charge in [0.1, 0.15) is 4.75 Å². The van der Waals surface area contributed by atoms with Crippen LogP contribution in [0.15, 0.2) is 24.3 Å². The Morgan fingerprint density at radius 3 is 2.67 bits per heavy atom. The maximum atomic E-state index is 12.2. The van der Waals surface area contributed by atoms with Gasteiger partial charge in [-0.25, -0.2) is 4.79 Å². The van der Waals surface area contributed by atoms with Gasteiger partial charge < -0.3 is 10.2 Å². The number of anilines is 1. The maximum absolute atomic E-state index is 12.2. The average Bonchev–Trinajstić information content (AvgIpc) is 2.55. The fourth-order valence-corrected chi connectivity index (χ4v) is 2.98. The van der Waals surface area contributed by atoms with Crippen molar-refractivity contribution >= 4 is 23.5 Å². The van der Waals surface area contributed by atoms with Gasteiger partial charge in [-0.3, -0.25) is 0 Å². The van der Waals surface area contributed by atoms with Crippen molar-refractivity contribution in [2.24, 2.45) is 0 Å². The highest BCUT2D eigenvalue weighted by molar-refractivity contribution is 8.00. The number of nitriles is 2. The van der Waals surface area contributed by atoms with Crippen LogP contribution in [0.4, 0.5) is 10.5 Å². The Bertz CT molecular complexity index is 609. The van der Waals surface area contributed by atoms with Crippen LogP contribution in [-0.2, 0) is 0 Å². The molecule has 1 saturated heterocycles. The topological polar surface area (TPSA) is 79.9 Å². The number of urea groups is 1. The maximum Gasteiger partial charge on any atom is 0.321 e. The first kappa shape index (κ1) is 15.2. The molecule has 1 fully saturated rings. The van der Waals surface area contributed by atoms with Crippen molar-refractivity contribution in [3.63, 3.8) is 0 Å². The fraction of sp³-hybridized carbons (Fsp3) is 0.400. The van der Waals surface area contributed by atoms with Crippen LogP contribution in [0.1, 0.15) is 18.4 Å². The van der Waals surface area contributed by atoms with Gasteiger partial charge in [0, 0.05) is 18.8 Å². The summed E-state index contributed by atoms with van der Waals surface area (Å²) in [6, 6.07) is 11.0. The first-order chi connectivity index (χ1) is 10.1. The van der Waals surface area contributed by atoms with Gasteiger partial charge in [-0.15, -0.1) is 11.8 Å². The molecule has 0 unspecified atom stereocenters. The summed E-state index contributed by atoms with van der Waals surface area (Å²) >= 11 is 1.56. The molecule has 5 nitrogen and oxygen atoms in total. The number of hydrogen-bond donors (Lipinski definition) is 1. The molecule has 0 aromatic heterocycles. The molecule has 0 atom stereocenters. The molecule has 0 aliphatic carbocycles. The Hall–Kier alpha value is -2.18. The van der Waals surface area contributed by atoms with Crippen LogP contribution in [0.5, 0.6) is 0 Å². The van der Waals surface area contributed by atoms with Gasteiger partial charge in [-0.1, -0.05) is 6.07 Å². The van der Waals surface area contributed by atoms with E-state index in [4.69, 9.17) is 5.26 Å². The van der Waals surface area contributed by atoms with E-state index in [9.17, 15) is 10.1 Å². The number of amides is 2. The highest BCUT2D eigenvalue weighted by Gasteiger charge is 2.35. The Kier molecular flexibility index (Phi) is 4.72. The molecule has 1 aliphatic heterocycles. The number of nitrogens with zero attached hydrogens (tertiary/aromatic N) is 3. The van der Waals surface area contributed by atoms with Gasteiger partial charge in [0.15, 0.2) is 0 Å². The third-order valence-corrected chi connectivity index (χ3v) is 4.98. The molecule has 108 valence electrons. The summed E-state index contributed by atoms with van der Waals surface area (Å²) in [6.45, 7) is 1.14. The smallest absolute Gasteiger partial charge is 0.321 e. The highest BCUT2D eigenvalue weighted by Crippen LogP contribution is 2.33. The second-order valence-corrected chi connectivity index (χ2v) is 6.11. The second-order valence-electron chi connectivity index (χ2n) is 4.92. The molecular formula is C15H16N4OS. The molecule has 1 N–H and O–H groups in total. The Morgan fingerprint density at radius 1 is 1.38 bits per heavy atom. The average molecular weight is 300 g/mol. The third kappa shape index (κ3) is 3.48. The molecule has 2 rings (SSSR count). The lowest BCUT2D eigenvalue weighted by Crippen LogP contribution is -2.46. The molecule has 1 heterocycles. The van der Waals surface area contributed by atoms with Crippen molar-refractivity contribution in [3.8, 4) is 12.1 Å². The zero-order chi connectivity index (χ0) is 15.3. The molecule has 0 radical (unpaired) electrons. The minimum Gasteiger partial charge on any atom is -0.324 e. The van der Waals surface area contributed by atoms with E-state index in [1.165, 1.54) is 0 Å². The van der Waals surface area contributed by atoms with Crippen molar-refractivity contribution < 1.29 is 4.79 Å². The minimum atomic E-state index is -0.364. The third-order valence-electron chi connectivity index (χ3n) is 3.70. The molecule has 1 aromatic carbocycles. The van der Waals surface area contributed by atoms with Crippen LogP contribution in [-0.4, -0.2) is 35.0 Å². The fourth-order valence-electron chi connectivity index (χ4n) is 2.30. The quantitative estimate of drug-likeness (QED) is 0.910. The van der Waals surface area contributed by atoms with Crippen molar-refractivity contribution in [1.82, 2.24) is 4.90 Å². The number of carbonyl (C=O) groups is 1. The Labute approximate surface area is 128 Å². The predicted molar refractivity (Wildman–Crippen MR) is 82.8 cm³/mol. The second kappa shape index (κ2) is 6.51. The van der Waals surface area contributed by atoms with E-state index in [0.29, 0.717) is 37.2 Å². The molecule has 0 saturated carbocycles. The summed E-state index contributed by atoms with van der Waals surface area (Å²) < 4.78 is -0.364. The normalized spacial score (nSPS) is 16.6. The molecule has 1 aromatic rings. The van der Waals surface area contributed by atoms with E-state index >= 15 is 0 Å². The van der Waals surface area contributed by atoms with E-state index in [1.807, 2.05) is 12.3 Å². The zero-order valence-corrected chi connectivity index (χ0v) is 12.6. The zero-order valence-electron chi connectivity index (χ0n) is 11.8. The predicted octanol–water partition coefficient (Wildman–Crippen LogP) is 2.81. The number of piperidine rings is 1. The summed E-state index contributed by atoms with van der Waals surface area (Å²) in [4.78, 5) is 13.9. The number of carbonyl (C=O) groups excluding carboxylic acids is 1. The summed E-state index contributed by atoms with van der Waals surface area (Å²) in [5, 5.41) is 20.9. The van der Waals surface area contributed by atoms with Crippen LogP contribution < -0.4 is 5.32 Å². The van der Waals surface area contributed by atoms with Gasteiger partial charge >= 0.3 is 6.03 Å². The van der Waals surface area contributed by atoms with E-state index in [2.05, 4.69) is 11.4 Å². The van der Waals surface area contributed by atoms with Gasteiger partial charge in [0.2, 0.25) is 0 Å². The lowest BCUT2D eigenvalue weighted by molar-refractivity contribution is 0.196. The van der Waals surface area contributed by atoms with E-state index in [0.717, 1.165) is 0 Å². The van der Waals surface area contributed by atoms with Crippen LogP contribution in [0.25, 0.3) is 0 Å². The Morgan fingerprint density at radius 2 is 2.10 bits per heavy atom. The number of nitrogens with one attached hydrogen (secondary N) is 1. The number of hydrogen-bond acceptors (Lipinski definition) is 4. The SMILES string of the molecule is CSC1(C#N)CCN(C(=O)Nc2cccc(C#N)c2)CC1. The number of rotatable bonds is 2. The summed E-state index contributed by atoms with van der Waals surface area (Å²) in [6.07, 6.45) is 3.29. The van der Waals surface area contributed by atoms with Gasteiger partial charge in [-0.05, 0) is 37.3 Å². The monoisotopic (exact) mass is 300 g/mol. The molecule has 0 bridgehead atoms. The number of likely N-dealkylation sites (tertiary alicyclic amines) is 1. The van der Waals surface area contributed by atoms with Crippen LogP contribution in [0.2, 0.25) is 0 Å². The number of thioether (sulfide) groups is 1. The van der Waals surface area contributed by atoms with Crippen molar-refractivity contribution in [2.45, 2.75) is 17.6 Å². The van der Waals surface area contributed by atoms with E-state index in [-0.39, 0.29) is 10.8 Å². The van der Waals surface area contributed by atoms with Crippen molar-refractivity contribution in [3.05, 3.63) is 29.8 Å². The van der Waals surface area contributed by atoms with Crippen LogP contribution >= 0.6 is 11.8 Å². The van der Waals surface area contributed by atoms with Crippen molar-refractivity contribution in [2.75, 3.05) is 24.7 Å². The van der Waals surface area contributed by atoms with Crippen molar-refractivity contribution in [1.29, 1.82) is 10.5 Å². The number of benzene rings is 1. The molecule has 2 amide bonds. The van der Waals surface area contributed by atoms with Gasteiger partial charge in [0.05, 0.1) is 17.7 Å². The van der Waals surface area contributed by atoms with E-state index < -0.39 is 0 Å². The molecule has 1 aliphatic rings. The molecule has 0 spiro atoms. The first-order valence-corrected chi connectivity index (χ1v) is 7.87. The Balaban J connectivity index is 1.97. The standard InChI is InChI=1S/C15H16N4OS/c1-21-15(11-17)5-7-19(8-6-15)14(20)18-13-4-2-3-12(9-13)10-16/h2-4,9H,5-8H2,1H3,(H,18,20). The first-order valence-electron chi connectivity index (χ1n) is 6.65. The lowest BCUT2D eigenvalue weighted by Gasteiger charge is -2.36.